The van der Waals surface area contributed by atoms with Crippen molar-refractivity contribution in [2.75, 3.05) is 5.73 Å². The minimum absolute atomic E-state index is 0.451. The van der Waals surface area contributed by atoms with Gasteiger partial charge in [0.05, 0.1) is 0 Å². The number of rotatable bonds is 3. The van der Waals surface area contributed by atoms with Crippen molar-refractivity contribution >= 4 is 17.3 Å². The molecule has 0 amide bonds. The zero-order valence-corrected chi connectivity index (χ0v) is 11.3. The Labute approximate surface area is 112 Å². The normalized spacial score (nSPS) is 10.4. The van der Waals surface area contributed by atoms with Crippen molar-refractivity contribution in [3.63, 3.8) is 0 Å². The highest BCUT2D eigenvalue weighted by molar-refractivity contribution is 6.30. The first-order valence-corrected chi connectivity index (χ1v) is 6.18. The van der Waals surface area contributed by atoms with E-state index in [1.165, 1.54) is 5.56 Å². The molecule has 2 aromatic carbocycles. The molecule has 2 aromatic rings. The predicted molar refractivity (Wildman–Crippen MR) is 76.1 cm³/mol. The van der Waals surface area contributed by atoms with Gasteiger partial charge in [0.25, 0.3) is 0 Å². The number of ether oxygens (including phenoxy) is 1. The van der Waals surface area contributed by atoms with Gasteiger partial charge in [-0.25, -0.2) is 0 Å². The summed E-state index contributed by atoms with van der Waals surface area (Å²) in [5, 5.41) is 0.641. The Hall–Kier alpha value is -1.67. The lowest BCUT2D eigenvalue weighted by atomic mass is 10.1. The number of hydrogen-bond acceptors (Lipinski definition) is 2. The minimum atomic E-state index is 0.451. The predicted octanol–water partition coefficient (Wildman–Crippen LogP) is 4.12. The van der Waals surface area contributed by atoms with Crippen LogP contribution < -0.4 is 10.5 Å². The third-order valence-electron chi connectivity index (χ3n) is 2.82. The molecule has 0 spiro atoms. The van der Waals surface area contributed by atoms with Gasteiger partial charge in [0, 0.05) is 16.3 Å². The van der Waals surface area contributed by atoms with E-state index < -0.39 is 0 Å². The third-order valence-corrected chi connectivity index (χ3v) is 3.06. The number of nitrogen functional groups attached to an aromatic ring is 1. The molecular weight excluding hydrogens is 246 g/mol. The molecule has 0 aliphatic heterocycles. The fraction of sp³-hybridized carbons (Fsp3) is 0.200. The van der Waals surface area contributed by atoms with Crippen molar-refractivity contribution in [3.05, 3.63) is 58.1 Å². The van der Waals surface area contributed by atoms with Gasteiger partial charge in [0.15, 0.2) is 0 Å². The highest BCUT2D eigenvalue weighted by atomic mass is 35.5. The molecule has 0 saturated carbocycles. The Kier molecular flexibility index (Phi) is 3.78. The summed E-state index contributed by atoms with van der Waals surface area (Å²) in [5.41, 5.74) is 9.84. The average molecular weight is 262 g/mol. The van der Waals surface area contributed by atoms with Crippen molar-refractivity contribution in [2.24, 2.45) is 0 Å². The second-order valence-corrected chi connectivity index (χ2v) is 4.84. The summed E-state index contributed by atoms with van der Waals surface area (Å²) in [6, 6.07) is 11.6. The van der Waals surface area contributed by atoms with Gasteiger partial charge in [-0.1, -0.05) is 35.4 Å². The number of hydrogen-bond donors (Lipinski definition) is 1. The van der Waals surface area contributed by atoms with E-state index in [2.05, 4.69) is 13.0 Å². The van der Waals surface area contributed by atoms with Crippen LogP contribution in [0.3, 0.4) is 0 Å². The Morgan fingerprint density at radius 1 is 1.11 bits per heavy atom. The second kappa shape index (κ2) is 5.32. The quantitative estimate of drug-likeness (QED) is 0.844. The molecule has 0 saturated heterocycles. The standard InChI is InChI=1S/C15H16ClNO/c1-10-3-6-15(11(2)7-10)18-9-12-4-5-13(16)8-14(12)17/h3-8H,9,17H2,1-2H3. The van der Waals surface area contributed by atoms with E-state index in [9.17, 15) is 0 Å². The maximum Gasteiger partial charge on any atom is 0.122 e. The van der Waals surface area contributed by atoms with Crippen LogP contribution in [0, 0.1) is 13.8 Å². The van der Waals surface area contributed by atoms with Gasteiger partial charge in [-0.3, -0.25) is 0 Å². The molecule has 0 aromatic heterocycles. The molecule has 0 atom stereocenters. The van der Waals surface area contributed by atoms with Crippen LogP contribution in [-0.2, 0) is 6.61 Å². The average Bonchev–Trinajstić information content (AvgIpc) is 2.30. The molecule has 0 aliphatic carbocycles. The number of anilines is 1. The van der Waals surface area contributed by atoms with Crippen LogP contribution >= 0.6 is 11.6 Å². The summed E-state index contributed by atoms with van der Waals surface area (Å²) in [7, 11) is 0. The largest absolute Gasteiger partial charge is 0.489 e. The molecular formula is C15H16ClNO. The smallest absolute Gasteiger partial charge is 0.122 e. The van der Waals surface area contributed by atoms with Crippen LogP contribution in [-0.4, -0.2) is 0 Å². The highest BCUT2D eigenvalue weighted by Crippen LogP contribution is 2.23. The van der Waals surface area contributed by atoms with Crippen LogP contribution in [0.1, 0.15) is 16.7 Å². The van der Waals surface area contributed by atoms with Gasteiger partial charge >= 0.3 is 0 Å². The lowest BCUT2D eigenvalue weighted by Crippen LogP contribution is -2.01. The summed E-state index contributed by atoms with van der Waals surface area (Å²) in [4.78, 5) is 0. The zero-order valence-electron chi connectivity index (χ0n) is 10.5. The topological polar surface area (TPSA) is 35.2 Å². The first kappa shape index (κ1) is 12.8. The van der Waals surface area contributed by atoms with Gasteiger partial charge in [0.2, 0.25) is 0 Å². The molecule has 0 heterocycles. The van der Waals surface area contributed by atoms with E-state index in [0.717, 1.165) is 16.9 Å². The summed E-state index contributed by atoms with van der Waals surface area (Å²) in [6.07, 6.45) is 0. The molecule has 2 rings (SSSR count). The molecule has 2 nitrogen and oxygen atoms in total. The first-order valence-electron chi connectivity index (χ1n) is 5.80. The lowest BCUT2D eigenvalue weighted by molar-refractivity contribution is 0.304. The maximum atomic E-state index is 5.88. The number of halogens is 1. The number of nitrogens with two attached hydrogens (primary N) is 1. The number of benzene rings is 2. The van der Waals surface area contributed by atoms with Crippen LogP contribution in [0.4, 0.5) is 5.69 Å². The number of aryl methyl sites for hydroxylation is 2. The van der Waals surface area contributed by atoms with Gasteiger partial charge in [0.1, 0.15) is 12.4 Å². The lowest BCUT2D eigenvalue weighted by Gasteiger charge is -2.11. The van der Waals surface area contributed by atoms with Crippen LogP contribution in [0.5, 0.6) is 5.75 Å². The molecule has 0 unspecified atom stereocenters. The zero-order chi connectivity index (χ0) is 13.1. The van der Waals surface area contributed by atoms with E-state index in [1.807, 2.05) is 31.2 Å². The second-order valence-electron chi connectivity index (χ2n) is 4.40. The van der Waals surface area contributed by atoms with Gasteiger partial charge in [-0.15, -0.1) is 0 Å². The monoisotopic (exact) mass is 261 g/mol. The molecule has 0 fully saturated rings. The van der Waals surface area contributed by atoms with Crippen molar-refractivity contribution in [1.82, 2.24) is 0 Å². The van der Waals surface area contributed by atoms with E-state index in [4.69, 9.17) is 22.1 Å². The van der Waals surface area contributed by atoms with Gasteiger partial charge in [-0.05, 0) is 37.6 Å². The summed E-state index contributed by atoms with van der Waals surface area (Å²) in [5.74, 6) is 0.884. The van der Waals surface area contributed by atoms with Gasteiger partial charge in [-0.2, -0.15) is 0 Å². The van der Waals surface area contributed by atoms with Crippen LogP contribution in [0.15, 0.2) is 36.4 Å². The van der Waals surface area contributed by atoms with E-state index >= 15 is 0 Å². The SMILES string of the molecule is Cc1ccc(OCc2ccc(Cl)cc2N)c(C)c1. The third kappa shape index (κ3) is 2.96. The minimum Gasteiger partial charge on any atom is -0.489 e. The highest BCUT2D eigenvalue weighted by Gasteiger charge is 2.03. The van der Waals surface area contributed by atoms with Crippen LogP contribution in [0.2, 0.25) is 5.02 Å². The Morgan fingerprint density at radius 3 is 2.56 bits per heavy atom. The molecule has 0 radical (unpaired) electrons. The first-order chi connectivity index (χ1) is 8.56. The molecule has 0 aliphatic rings. The molecule has 3 heteroatoms. The van der Waals surface area contributed by atoms with E-state index in [-0.39, 0.29) is 0 Å². The molecule has 0 bridgehead atoms. The van der Waals surface area contributed by atoms with Gasteiger partial charge < -0.3 is 10.5 Å². The van der Waals surface area contributed by atoms with Crippen molar-refractivity contribution in [1.29, 1.82) is 0 Å². The fourth-order valence-corrected chi connectivity index (χ4v) is 1.99. The molecule has 18 heavy (non-hydrogen) atoms. The van der Waals surface area contributed by atoms with Crippen LogP contribution in [0.25, 0.3) is 0 Å². The fourth-order valence-electron chi connectivity index (χ4n) is 1.81. The Balaban J connectivity index is 2.11. The van der Waals surface area contributed by atoms with E-state index in [1.54, 1.807) is 6.07 Å². The summed E-state index contributed by atoms with van der Waals surface area (Å²) >= 11 is 5.86. The Morgan fingerprint density at radius 2 is 1.89 bits per heavy atom. The van der Waals surface area contributed by atoms with Crippen molar-refractivity contribution < 1.29 is 4.74 Å². The molecule has 2 N–H and O–H groups in total. The summed E-state index contributed by atoms with van der Waals surface area (Å²) in [6.45, 7) is 4.55. The molecule has 94 valence electrons. The van der Waals surface area contributed by atoms with Crippen molar-refractivity contribution in [3.8, 4) is 5.75 Å². The maximum absolute atomic E-state index is 5.88. The Bertz CT molecular complexity index is 515. The summed E-state index contributed by atoms with van der Waals surface area (Å²) < 4.78 is 5.78. The van der Waals surface area contributed by atoms with Crippen molar-refractivity contribution in [2.45, 2.75) is 20.5 Å². The van der Waals surface area contributed by atoms with E-state index in [0.29, 0.717) is 17.3 Å².